The van der Waals surface area contributed by atoms with E-state index in [4.69, 9.17) is 23.7 Å². The lowest BCUT2D eigenvalue weighted by Gasteiger charge is -2.30. The van der Waals surface area contributed by atoms with Crippen LogP contribution in [-0.2, 0) is 39.3 Å². The predicted molar refractivity (Wildman–Crippen MR) is 256 cm³/mol. The van der Waals surface area contributed by atoms with Gasteiger partial charge in [0, 0.05) is 32.4 Å². The van der Waals surface area contributed by atoms with Gasteiger partial charge in [-0.25, -0.2) is 0 Å². The maximum atomic E-state index is 7.13. The summed E-state index contributed by atoms with van der Waals surface area (Å²) in [5.41, 5.74) is 8.53. The van der Waals surface area contributed by atoms with Gasteiger partial charge in [-0.05, 0) is 57.0 Å². The van der Waals surface area contributed by atoms with E-state index in [-0.39, 0.29) is 5.04 Å². The van der Waals surface area contributed by atoms with Crippen LogP contribution in [0.3, 0.4) is 0 Å². The molecule has 0 saturated carbocycles. The van der Waals surface area contributed by atoms with Crippen molar-refractivity contribution in [3.8, 4) is 28.7 Å². The third-order valence-electron chi connectivity index (χ3n) is 11.3. The van der Waals surface area contributed by atoms with Crippen molar-refractivity contribution in [3.05, 3.63) is 227 Å². The van der Waals surface area contributed by atoms with Gasteiger partial charge < -0.3 is 23.7 Å². The van der Waals surface area contributed by atoms with E-state index in [1.165, 1.54) is 5.56 Å². The van der Waals surface area contributed by atoms with E-state index < -0.39 is 8.80 Å². The van der Waals surface area contributed by atoms with Gasteiger partial charge in [-0.15, -0.1) is 0 Å². The van der Waals surface area contributed by atoms with E-state index in [1.54, 1.807) is 0 Å². The Labute approximate surface area is 370 Å². The minimum absolute atomic E-state index is 0.0452. The summed E-state index contributed by atoms with van der Waals surface area (Å²) in [7, 11) is -1.10. The van der Waals surface area contributed by atoms with Gasteiger partial charge >= 0.3 is 0 Å². The molecule has 7 aromatic carbocycles. The zero-order valence-corrected chi connectivity index (χ0v) is 37.6. The summed E-state index contributed by atoms with van der Waals surface area (Å²) in [6.45, 7) is 11.7. The van der Waals surface area contributed by atoms with E-state index in [0.29, 0.717) is 57.4 Å². The second-order valence-corrected chi connectivity index (χ2v) is 20.5. The van der Waals surface area contributed by atoms with Crippen LogP contribution in [0.15, 0.2) is 182 Å². The van der Waals surface area contributed by atoms with Crippen molar-refractivity contribution in [1.82, 2.24) is 0 Å². The Morgan fingerprint density at radius 1 is 0.435 bits per heavy atom. The van der Waals surface area contributed by atoms with Crippen molar-refractivity contribution >= 4 is 14.9 Å². The first kappa shape index (κ1) is 43.6. The highest BCUT2D eigenvalue weighted by Gasteiger charge is 2.28. The second-order valence-electron chi connectivity index (χ2n) is 16.7. The summed E-state index contributed by atoms with van der Waals surface area (Å²) in [4.78, 5) is 0. The van der Waals surface area contributed by atoms with E-state index in [2.05, 4.69) is 136 Å². The molecule has 0 amide bonds. The quantitative estimate of drug-likeness (QED) is 0.0675. The van der Waals surface area contributed by atoms with Gasteiger partial charge in [0.2, 0.25) is 0 Å². The van der Waals surface area contributed by atoms with Crippen molar-refractivity contribution in [1.29, 1.82) is 0 Å². The lowest BCUT2D eigenvalue weighted by Crippen LogP contribution is -2.28. The van der Waals surface area contributed by atoms with Crippen molar-refractivity contribution in [3.63, 3.8) is 0 Å². The van der Waals surface area contributed by atoms with Gasteiger partial charge in [0.1, 0.15) is 43.7 Å². The second kappa shape index (κ2) is 21.8. The van der Waals surface area contributed by atoms with Crippen molar-refractivity contribution in [2.75, 3.05) is 6.61 Å². The Morgan fingerprint density at radius 3 is 1.32 bits per heavy atom. The zero-order chi connectivity index (χ0) is 43.0. The fourth-order valence-corrected chi connectivity index (χ4v) is 7.25. The van der Waals surface area contributed by atoms with E-state index in [1.807, 2.05) is 78.9 Å². The van der Waals surface area contributed by atoms with Gasteiger partial charge in [0.15, 0.2) is 11.5 Å². The molecule has 0 radical (unpaired) electrons. The highest BCUT2D eigenvalue weighted by Crippen LogP contribution is 2.44. The molecule has 5 nitrogen and oxygen atoms in total. The van der Waals surface area contributed by atoms with Crippen molar-refractivity contribution < 1.29 is 23.7 Å². The minimum Gasteiger partial charge on any atom is -0.492 e. The highest BCUT2D eigenvalue weighted by molar-refractivity contribution is 6.59. The summed E-state index contributed by atoms with van der Waals surface area (Å²) in [6.07, 6.45) is 5.54. The molecule has 0 aliphatic carbocycles. The number of hydrogen-bond acceptors (Lipinski definition) is 5. The molecule has 0 fully saturated rings. The van der Waals surface area contributed by atoms with E-state index in [0.717, 1.165) is 56.2 Å². The van der Waals surface area contributed by atoms with Crippen LogP contribution >= 0.6 is 0 Å². The van der Waals surface area contributed by atoms with Crippen LogP contribution < -0.4 is 23.7 Å². The monoisotopic (exact) mass is 838 g/mol. The fraction of sp³-hybridized carbons (Fsp3) is 0.214. The largest absolute Gasteiger partial charge is 0.492 e. The van der Waals surface area contributed by atoms with Crippen LogP contribution in [0, 0.1) is 0 Å². The fourth-order valence-electron chi connectivity index (χ4n) is 6.83. The Morgan fingerprint density at radius 2 is 0.855 bits per heavy atom. The van der Waals surface area contributed by atoms with Crippen LogP contribution in [0.5, 0.6) is 28.7 Å². The SMILES string of the molecule is C[SiH](C)C(C)(C)COc1c(C/C=C/c2ccc(OCc3ccccc3)c(OCc3ccccc3)c2)c(OCc2ccccc2)cc(OCc2ccccc2)c1Cc1ccccc1. The molecule has 6 heteroatoms. The molecule has 0 heterocycles. The summed E-state index contributed by atoms with van der Waals surface area (Å²) >= 11 is 0. The Balaban J connectivity index is 1.27. The third-order valence-corrected chi connectivity index (χ3v) is 14.6. The zero-order valence-electron chi connectivity index (χ0n) is 36.5. The average molecular weight is 839 g/mol. The number of ether oxygens (including phenoxy) is 5. The molecular formula is C56H58O5Si. The molecule has 0 bridgehead atoms. The summed E-state index contributed by atoms with van der Waals surface area (Å²) < 4.78 is 33.5. The summed E-state index contributed by atoms with van der Waals surface area (Å²) in [5, 5.41) is 0.0452. The topological polar surface area (TPSA) is 46.2 Å². The van der Waals surface area contributed by atoms with Gasteiger partial charge in [0.25, 0.3) is 0 Å². The maximum Gasteiger partial charge on any atom is 0.162 e. The third kappa shape index (κ3) is 12.5. The Kier molecular flexibility index (Phi) is 15.4. The summed E-state index contributed by atoms with van der Waals surface area (Å²) in [5.74, 6) is 3.71. The van der Waals surface area contributed by atoms with Gasteiger partial charge in [-0.1, -0.05) is 197 Å². The molecule has 316 valence electrons. The maximum absolute atomic E-state index is 7.13. The normalized spacial score (nSPS) is 11.4. The minimum atomic E-state index is -1.10. The molecule has 0 atom stereocenters. The van der Waals surface area contributed by atoms with Crippen molar-refractivity contribution in [2.24, 2.45) is 0 Å². The van der Waals surface area contributed by atoms with Gasteiger partial charge in [-0.2, -0.15) is 0 Å². The smallest absolute Gasteiger partial charge is 0.162 e. The summed E-state index contributed by atoms with van der Waals surface area (Å²) in [6, 6.07) is 59.8. The Bertz CT molecular complexity index is 2450. The molecule has 7 aromatic rings. The first-order valence-corrected chi connectivity index (χ1v) is 24.5. The molecule has 0 unspecified atom stereocenters. The number of allylic oxidation sites excluding steroid dienone is 1. The Hall–Kier alpha value is -6.50. The number of hydrogen-bond donors (Lipinski definition) is 0. The predicted octanol–water partition coefficient (Wildman–Crippen LogP) is 13.5. The lowest BCUT2D eigenvalue weighted by molar-refractivity contribution is 0.255. The van der Waals surface area contributed by atoms with Crippen LogP contribution in [0.25, 0.3) is 6.08 Å². The van der Waals surface area contributed by atoms with E-state index in [9.17, 15) is 0 Å². The van der Waals surface area contributed by atoms with Crippen LogP contribution in [0.4, 0.5) is 0 Å². The molecule has 0 N–H and O–H groups in total. The van der Waals surface area contributed by atoms with E-state index >= 15 is 0 Å². The number of rotatable bonds is 21. The van der Waals surface area contributed by atoms with Gasteiger partial charge in [0.05, 0.1) is 6.61 Å². The lowest BCUT2D eigenvalue weighted by atomic mass is 9.97. The molecule has 0 aromatic heterocycles. The van der Waals surface area contributed by atoms with Crippen LogP contribution in [0.2, 0.25) is 18.1 Å². The first-order chi connectivity index (χ1) is 30.3. The first-order valence-electron chi connectivity index (χ1n) is 21.6. The van der Waals surface area contributed by atoms with Crippen molar-refractivity contribution in [2.45, 2.75) is 71.2 Å². The number of benzene rings is 7. The standard InChI is InChI=1S/C56H58O5Si/c1-56(2,62(3)4)42-61-55-49(32-20-31-44-33-34-51(57-38-45-23-12-6-13-24-45)54(36-44)60-41-48-29-18-9-19-30-48)52(58-39-46-25-14-7-15-26-46)37-53(59-40-47-27-16-8-17-28-47)50(55)35-43-21-10-5-11-22-43/h5-31,33-34,36-37,62H,32,35,38-42H2,1-4H3/b31-20+. The van der Waals surface area contributed by atoms with Crippen LogP contribution in [0.1, 0.15) is 58.4 Å². The molecule has 62 heavy (non-hydrogen) atoms. The average Bonchev–Trinajstić information content (AvgIpc) is 3.31. The van der Waals surface area contributed by atoms with Crippen LogP contribution in [-0.4, -0.2) is 15.4 Å². The molecular weight excluding hydrogens is 781 g/mol. The molecule has 0 aliphatic heterocycles. The molecule has 0 aliphatic rings. The molecule has 0 spiro atoms. The molecule has 7 rings (SSSR count). The highest BCUT2D eigenvalue weighted by atomic mass is 28.3. The molecule has 0 saturated heterocycles. The van der Waals surface area contributed by atoms with Gasteiger partial charge in [-0.3, -0.25) is 0 Å².